The number of rotatable bonds is 1. The average Bonchev–Trinajstić information content (AvgIpc) is 3.05. The van der Waals surface area contributed by atoms with E-state index in [-0.39, 0.29) is 0 Å². The molecule has 0 bridgehead atoms. The summed E-state index contributed by atoms with van der Waals surface area (Å²) in [5.74, 6) is 1.63. The fraction of sp³-hybridized carbons (Fsp3) is 0.643. The smallest absolute Gasteiger partial charge is 0.255 e. The van der Waals surface area contributed by atoms with Crippen LogP contribution in [0.4, 0.5) is 5.82 Å². The Morgan fingerprint density at radius 2 is 2.10 bits per heavy atom. The van der Waals surface area contributed by atoms with Crippen molar-refractivity contribution in [1.29, 1.82) is 0 Å². The van der Waals surface area contributed by atoms with Gasteiger partial charge in [0.2, 0.25) is 0 Å². The van der Waals surface area contributed by atoms with E-state index in [0.29, 0.717) is 17.0 Å². The molecule has 1 unspecified atom stereocenters. The van der Waals surface area contributed by atoms with Crippen LogP contribution in [0.25, 0.3) is 5.78 Å². The first-order valence-electron chi connectivity index (χ1n) is 7.59. The van der Waals surface area contributed by atoms with Crippen LogP contribution < -0.4 is 4.90 Å². The van der Waals surface area contributed by atoms with Crippen LogP contribution in [0.1, 0.15) is 24.8 Å². The molecule has 2 fully saturated rings. The van der Waals surface area contributed by atoms with Gasteiger partial charge in [-0.3, -0.25) is 4.90 Å². The zero-order valence-electron chi connectivity index (χ0n) is 12.2. The van der Waals surface area contributed by atoms with E-state index in [2.05, 4.69) is 24.9 Å². The van der Waals surface area contributed by atoms with Gasteiger partial charge in [-0.05, 0) is 32.7 Å². The fourth-order valence-corrected chi connectivity index (χ4v) is 3.81. The fourth-order valence-electron chi connectivity index (χ4n) is 3.65. The highest BCUT2D eigenvalue weighted by atomic mass is 35.5. The van der Waals surface area contributed by atoms with E-state index in [9.17, 15) is 0 Å². The van der Waals surface area contributed by atoms with Gasteiger partial charge in [-0.2, -0.15) is 19.6 Å². The van der Waals surface area contributed by atoms with Crippen molar-refractivity contribution in [3.8, 4) is 0 Å². The maximum Gasteiger partial charge on any atom is 0.255 e. The lowest BCUT2D eigenvalue weighted by molar-refractivity contribution is 0.273. The van der Waals surface area contributed by atoms with Crippen molar-refractivity contribution < 1.29 is 0 Å². The van der Waals surface area contributed by atoms with Crippen LogP contribution in [0, 0.1) is 6.92 Å². The largest absolute Gasteiger partial charge is 0.355 e. The number of hydrogen-bond donors (Lipinski definition) is 0. The molecule has 0 radical (unpaired) electrons. The van der Waals surface area contributed by atoms with Gasteiger partial charge < -0.3 is 4.90 Å². The summed E-state index contributed by atoms with van der Waals surface area (Å²) in [4.78, 5) is 13.5. The third-order valence-corrected chi connectivity index (χ3v) is 5.04. The maximum absolute atomic E-state index is 6.29. The quantitative estimate of drug-likeness (QED) is 0.752. The summed E-state index contributed by atoms with van der Waals surface area (Å²) in [6.07, 6.45) is 5.32. The molecule has 7 heteroatoms. The predicted octanol–water partition coefficient (Wildman–Crippen LogP) is 1.76. The molecule has 21 heavy (non-hydrogen) atoms. The van der Waals surface area contributed by atoms with E-state index in [0.717, 1.165) is 24.5 Å². The van der Waals surface area contributed by atoms with E-state index in [1.54, 1.807) is 6.33 Å². The summed E-state index contributed by atoms with van der Waals surface area (Å²) >= 11 is 6.29. The molecule has 0 spiro atoms. The molecule has 4 rings (SSSR count). The lowest BCUT2D eigenvalue weighted by atomic mass is 10.2. The van der Waals surface area contributed by atoms with E-state index in [1.807, 2.05) is 11.4 Å². The van der Waals surface area contributed by atoms with Crippen LogP contribution in [0.2, 0.25) is 5.15 Å². The highest BCUT2D eigenvalue weighted by Gasteiger charge is 2.30. The topological polar surface area (TPSA) is 49.6 Å². The number of anilines is 1. The summed E-state index contributed by atoms with van der Waals surface area (Å²) in [7, 11) is 0. The molecular weight excluding hydrogens is 288 g/mol. The summed E-state index contributed by atoms with van der Waals surface area (Å²) in [5.41, 5.74) is 0.987. The first-order valence-corrected chi connectivity index (χ1v) is 7.96. The van der Waals surface area contributed by atoms with Crippen molar-refractivity contribution in [2.45, 2.75) is 32.2 Å². The minimum atomic E-state index is 0.526. The third kappa shape index (κ3) is 2.17. The van der Waals surface area contributed by atoms with Crippen molar-refractivity contribution in [2.24, 2.45) is 0 Å². The molecule has 2 saturated heterocycles. The minimum Gasteiger partial charge on any atom is -0.355 e. The molecule has 2 aromatic heterocycles. The number of hydrogen-bond acceptors (Lipinski definition) is 5. The Morgan fingerprint density at radius 3 is 3.00 bits per heavy atom. The highest BCUT2D eigenvalue weighted by molar-refractivity contribution is 6.30. The van der Waals surface area contributed by atoms with Crippen molar-refractivity contribution in [3.05, 3.63) is 17.0 Å². The van der Waals surface area contributed by atoms with Crippen LogP contribution in [0.3, 0.4) is 0 Å². The third-order valence-electron chi connectivity index (χ3n) is 4.68. The van der Waals surface area contributed by atoms with Gasteiger partial charge in [0.25, 0.3) is 5.78 Å². The molecule has 2 aromatic rings. The van der Waals surface area contributed by atoms with Gasteiger partial charge in [0, 0.05) is 31.2 Å². The lowest BCUT2D eigenvalue weighted by Gasteiger charge is -2.28. The SMILES string of the molecule is Cc1c(Cl)nc2ncnn2c1N1CCCN2CCCC2C1. The molecule has 2 aliphatic heterocycles. The van der Waals surface area contributed by atoms with E-state index in [1.165, 1.54) is 32.4 Å². The van der Waals surface area contributed by atoms with E-state index < -0.39 is 0 Å². The zero-order valence-corrected chi connectivity index (χ0v) is 12.9. The van der Waals surface area contributed by atoms with Crippen molar-refractivity contribution in [1.82, 2.24) is 24.5 Å². The van der Waals surface area contributed by atoms with E-state index in [4.69, 9.17) is 11.6 Å². The van der Waals surface area contributed by atoms with Gasteiger partial charge in [0.15, 0.2) is 0 Å². The van der Waals surface area contributed by atoms with Gasteiger partial charge in [-0.25, -0.2) is 0 Å². The summed E-state index contributed by atoms with van der Waals surface area (Å²) in [6, 6.07) is 0.650. The van der Waals surface area contributed by atoms with E-state index >= 15 is 0 Å². The van der Waals surface area contributed by atoms with Gasteiger partial charge in [0.1, 0.15) is 17.3 Å². The van der Waals surface area contributed by atoms with Crippen LogP contribution in [0.15, 0.2) is 6.33 Å². The van der Waals surface area contributed by atoms with Crippen LogP contribution in [-0.2, 0) is 0 Å². The Bertz CT molecular complexity index is 669. The molecule has 4 heterocycles. The Hall–Kier alpha value is -1.40. The number of fused-ring (bicyclic) bond motifs is 2. The Labute approximate surface area is 128 Å². The second-order valence-corrected chi connectivity index (χ2v) is 6.31. The number of halogens is 1. The molecule has 0 aromatic carbocycles. The Balaban J connectivity index is 1.78. The average molecular weight is 307 g/mol. The predicted molar refractivity (Wildman–Crippen MR) is 82.0 cm³/mol. The summed E-state index contributed by atoms with van der Waals surface area (Å²) in [5, 5.41) is 4.87. The Morgan fingerprint density at radius 1 is 1.24 bits per heavy atom. The number of aromatic nitrogens is 4. The molecule has 6 nitrogen and oxygen atoms in total. The molecule has 112 valence electrons. The first kappa shape index (κ1) is 13.3. The van der Waals surface area contributed by atoms with Crippen molar-refractivity contribution in [3.63, 3.8) is 0 Å². The molecule has 2 aliphatic rings. The molecule has 0 N–H and O–H groups in total. The molecule has 0 amide bonds. The Kier molecular flexibility index (Phi) is 3.23. The molecule has 1 atom stereocenters. The van der Waals surface area contributed by atoms with Gasteiger partial charge in [-0.15, -0.1) is 0 Å². The molecule has 0 saturated carbocycles. The highest BCUT2D eigenvalue weighted by Crippen LogP contribution is 2.29. The monoisotopic (exact) mass is 306 g/mol. The summed E-state index contributed by atoms with van der Waals surface area (Å²) in [6.45, 7) is 6.52. The van der Waals surface area contributed by atoms with Crippen LogP contribution in [-0.4, -0.2) is 56.7 Å². The molecule has 0 aliphatic carbocycles. The standard InChI is InChI=1S/C14H19ClN6/c1-10-12(15)18-14-16-9-17-21(14)13(10)20-7-3-6-19-5-2-4-11(19)8-20/h9,11H,2-8H2,1H3. The van der Waals surface area contributed by atoms with Crippen LogP contribution in [0.5, 0.6) is 0 Å². The number of nitrogens with zero attached hydrogens (tertiary/aromatic N) is 6. The lowest BCUT2D eigenvalue weighted by Crippen LogP contribution is -2.37. The zero-order chi connectivity index (χ0) is 14.4. The van der Waals surface area contributed by atoms with Crippen molar-refractivity contribution >= 4 is 23.2 Å². The normalized spacial score (nSPS) is 23.5. The first-order chi connectivity index (χ1) is 10.2. The second-order valence-electron chi connectivity index (χ2n) is 5.95. The second kappa shape index (κ2) is 5.10. The van der Waals surface area contributed by atoms with Gasteiger partial charge >= 0.3 is 0 Å². The van der Waals surface area contributed by atoms with Gasteiger partial charge in [-0.1, -0.05) is 11.6 Å². The minimum absolute atomic E-state index is 0.526. The van der Waals surface area contributed by atoms with Gasteiger partial charge in [0.05, 0.1) is 0 Å². The van der Waals surface area contributed by atoms with Crippen molar-refractivity contribution in [2.75, 3.05) is 31.1 Å². The molecular formula is C14H19ClN6. The summed E-state index contributed by atoms with van der Waals surface area (Å²) < 4.78 is 1.83. The maximum atomic E-state index is 6.29. The van der Waals surface area contributed by atoms with Crippen LogP contribution >= 0.6 is 11.6 Å².